The molecule has 12 heteroatoms. The Balaban J connectivity index is 1.19. The number of ether oxygens (including phenoxy) is 2. The molecule has 0 unspecified atom stereocenters. The number of Topliss-reactive ketones (excluding diaryl/α,β-unsaturated/α-hetero) is 2. The highest BCUT2D eigenvalue weighted by atomic mass is 16.5. The van der Waals surface area contributed by atoms with Crippen LogP contribution in [0.4, 0.5) is 0 Å². The predicted octanol–water partition coefficient (Wildman–Crippen LogP) is 7.25. The molecule has 1 saturated heterocycles. The van der Waals surface area contributed by atoms with Crippen LogP contribution in [0.1, 0.15) is 91.9 Å². The van der Waals surface area contributed by atoms with E-state index in [4.69, 9.17) is 9.47 Å². The summed E-state index contributed by atoms with van der Waals surface area (Å²) in [6.07, 6.45) is 3.37. The van der Waals surface area contributed by atoms with Crippen molar-refractivity contribution in [1.82, 2.24) is 15.1 Å². The normalized spacial score (nSPS) is 19.1. The summed E-state index contributed by atoms with van der Waals surface area (Å²) in [5.74, 6) is -3.00. The molecule has 0 aliphatic carbocycles. The number of carbonyl (C=O) groups excluding carboxylic acids is 5. The number of nitrogens with one attached hydrogen (secondary N) is 1. The highest BCUT2D eigenvalue weighted by Crippen LogP contribution is 2.40. The maximum atomic E-state index is 14.5. The number of ketones is 2. The van der Waals surface area contributed by atoms with Crippen molar-refractivity contribution in [2.75, 3.05) is 27.8 Å². The number of benzene rings is 4. The number of hydrogen-bond acceptors (Lipinski definition) is 8. The molecule has 4 atom stereocenters. The minimum absolute atomic E-state index is 0.0175. The molecule has 4 bridgehead atoms. The van der Waals surface area contributed by atoms with Crippen molar-refractivity contribution in [3.63, 3.8) is 0 Å². The molecule has 3 amide bonds. The molecule has 2 heterocycles. The number of carbonyl (C=O) groups is 6. The Bertz CT molecular complexity index is 2270. The van der Waals surface area contributed by atoms with Gasteiger partial charge in [-0.25, -0.2) is 4.79 Å². The number of carboxylic acid groups (broad SMARTS) is 1. The van der Waals surface area contributed by atoms with E-state index in [0.29, 0.717) is 65.1 Å². The van der Waals surface area contributed by atoms with Gasteiger partial charge in [0, 0.05) is 61.9 Å². The van der Waals surface area contributed by atoms with Crippen molar-refractivity contribution in [3.8, 4) is 33.8 Å². The van der Waals surface area contributed by atoms with E-state index in [1.807, 2.05) is 24.3 Å². The van der Waals surface area contributed by atoms with E-state index >= 15 is 0 Å². The van der Waals surface area contributed by atoms with Gasteiger partial charge in [-0.3, -0.25) is 24.0 Å². The van der Waals surface area contributed by atoms with Crippen molar-refractivity contribution < 1.29 is 43.3 Å². The quantitative estimate of drug-likeness (QED) is 0.132. The van der Waals surface area contributed by atoms with Gasteiger partial charge in [-0.2, -0.15) is 0 Å². The molecule has 0 saturated carbocycles. The summed E-state index contributed by atoms with van der Waals surface area (Å²) < 4.78 is 11.4. The number of likely N-dealkylation sites (tertiary alicyclic amines) is 1. The van der Waals surface area contributed by atoms with Gasteiger partial charge in [0.15, 0.2) is 11.6 Å². The van der Waals surface area contributed by atoms with Crippen molar-refractivity contribution in [1.29, 1.82) is 0 Å². The van der Waals surface area contributed by atoms with Crippen LogP contribution < -0.4 is 14.8 Å². The lowest BCUT2D eigenvalue weighted by Crippen LogP contribution is -2.49. The fraction of sp³-hybridized carbons (Fsp3) is 0.388. The molecular weight excluding hydrogens is 775 g/mol. The van der Waals surface area contributed by atoms with Gasteiger partial charge in [0.2, 0.25) is 17.7 Å². The molecule has 61 heavy (non-hydrogen) atoms. The van der Waals surface area contributed by atoms with E-state index in [0.717, 1.165) is 24.0 Å². The van der Waals surface area contributed by atoms with Gasteiger partial charge < -0.3 is 29.7 Å². The Morgan fingerprint density at radius 1 is 0.836 bits per heavy atom. The minimum Gasteiger partial charge on any atom is -0.496 e. The zero-order valence-electron chi connectivity index (χ0n) is 35.6. The summed E-state index contributed by atoms with van der Waals surface area (Å²) in [4.78, 5) is 84.3. The van der Waals surface area contributed by atoms with Crippen LogP contribution >= 0.6 is 0 Å². The second-order valence-electron chi connectivity index (χ2n) is 16.1. The summed E-state index contributed by atoms with van der Waals surface area (Å²) in [5, 5.41) is 12.6. The molecule has 320 valence electrons. The Labute approximate surface area is 357 Å². The molecule has 2 aliphatic heterocycles. The highest BCUT2D eigenvalue weighted by molar-refractivity contribution is 5.98. The number of aryl methyl sites for hydroxylation is 1. The Kier molecular flexibility index (Phi) is 14.4. The van der Waals surface area contributed by atoms with Crippen LogP contribution in [0.25, 0.3) is 22.3 Å². The molecule has 0 aromatic heterocycles. The number of likely N-dealkylation sites (N-methyl/N-ethyl adjacent to an activating group) is 1. The van der Waals surface area contributed by atoms with E-state index in [1.165, 1.54) is 31.7 Å². The Hall–Kier alpha value is -6.30. The van der Waals surface area contributed by atoms with Gasteiger partial charge in [0.05, 0.1) is 14.2 Å². The summed E-state index contributed by atoms with van der Waals surface area (Å²) in [5.41, 5.74) is 6.16. The third-order valence-electron chi connectivity index (χ3n) is 11.8. The zero-order chi connectivity index (χ0) is 43.8. The smallest absolute Gasteiger partial charge is 0.326 e. The molecule has 4 aromatic rings. The summed E-state index contributed by atoms with van der Waals surface area (Å²) >= 11 is 0. The van der Waals surface area contributed by atoms with Gasteiger partial charge >= 0.3 is 5.97 Å². The lowest BCUT2D eigenvalue weighted by Gasteiger charge is -2.33. The van der Waals surface area contributed by atoms with Crippen molar-refractivity contribution in [3.05, 3.63) is 107 Å². The maximum Gasteiger partial charge on any atom is 0.326 e. The lowest BCUT2D eigenvalue weighted by atomic mass is 9.89. The SMILES string of the molecule is CCCc1ccc(-c2ccc(C(=O)CCCC(=O)N3CCC[C@@H]3C(=O)N(C)[C@@H]3C(=O)C[C@@H](C)C(=O)N[C@H](C(=O)O)Cc4ccc(OC)c(c4)-c4cc3ccc4OC)cc2)cc1. The number of hydrogen-bond donors (Lipinski definition) is 2. The van der Waals surface area contributed by atoms with Gasteiger partial charge in [0.25, 0.3) is 0 Å². The molecule has 2 aliphatic rings. The van der Waals surface area contributed by atoms with E-state index < -0.39 is 47.6 Å². The number of amides is 3. The first kappa shape index (κ1) is 44.3. The number of fused-ring (bicyclic) bond motifs is 5. The molecule has 0 spiro atoms. The third-order valence-corrected chi connectivity index (χ3v) is 11.8. The maximum absolute atomic E-state index is 14.5. The van der Waals surface area contributed by atoms with Crippen LogP contribution in [0.3, 0.4) is 0 Å². The van der Waals surface area contributed by atoms with E-state index in [9.17, 15) is 33.9 Å². The van der Waals surface area contributed by atoms with Gasteiger partial charge in [0.1, 0.15) is 29.6 Å². The first-order valence-corrected chi connectivity index (χ1v) is 21.0. The average Bonchev–Trinajstić information content (AvgIpc) is 3.76. The summed E-state index contributed by atoms with van der Waals surface area (Å²) in [6, 6.07) is 23.0. The Morgan fingerprint density at radius 2 is 1.48 bits per heavy atom. The van der Waals surface area contributed by atoms with Crippen molar-refractivity contribution in [2.45, 2.75) is 89.8 Å². The first-order chi connectivity index (χ1) is 29.3. The van der Waals surface area contributed by atoms with Crippen molar-refractivity contribution in [2.24, 2.45) is 5.92 Å². The molecule has 1 fully saturated rings. The highest BCUT2D eigenvalue weighted by Gasteiger charge is 2.40. The minimum atomic E-state index is -1.27. The number of aliphatic carboxylic acids is 1. The Morgan fingerprint density at radius 3 is 2.11 bits per heavy atom. The van der Waals surface area contributed by atoms with Gasteiger partial charge in [-0.1, -0.05) is 80.9 Å². The molecular formula is C49H55N3O9. The van der Waals surface area contributed by atoms with Crippen molar-refractivity contribution >= 4 is 35.3 Å². The second kappa shape index (κ2) is 19.8. The second-order valence-corrected chi connectivity index (χ2v) is 16.1. The molecule has 0 radical (unpaired) electrons. The fourth-order valence-electron chi connectivity index (χ4n) is 8.45. The summed E-state index contributed by atoms with van der Waals surface area (Å²) in [7, 11) is 4.54. The first-order valence-electron chi connectivity index (χ1n) is 21.0. The van der Waals surface area contributed by atoms with E-state index in [-0.39, 0.29) is 37.4 Å². The van der Waals surface area contributed by atoms with E-state index in [2.05, 4.69) is 36.5 Å². The fourth-order valence-corrected chi connectivity index (χ4v) is 8.45. The topological polar surface area (TPSA) is 160 Å². The van der Waals surface area contributed by atoms with Crippen LogP contribution in [0.15, 0.2) is 84.9 Å². The largest absolute Gasteiger partial charge is 0.496 e. The molecule has 12 nitrogen and oxygen atoms in total. The summed E-state index contributed by atoms with van der Waals surface area (Å²) in [6.45, 7) is 4.06. The van der Waals surface area contributed by atoms with Crippen LogP contribution in [0.5, 0.6) is 11.5 Å². The number of carboxylic acids is 1. The van der Waals surface area contributed by atoms with Gasteiger partial charge in [-0.05, 0) is 77.8 Å². The predicted molar refractivity (Wildman–Crippen MR) is 231 cm³/mol. The van der Waals surface area contributed by atoms with Crippen LogP contribution in [-0.4, -0.2) is 90.1 Å². The number of nitrogens with zero attached hydrogens (tertiary/aromatic N) is 2. The monoisotopic (exact) mass is 829 g/mol. The van der Waals surface area contributed by atoms with Crippen LogP contribution in [-0.2, 0) is 36.8 Å². The number of methoxy groups -OCH3 is 2. The van der Waals surface area contributed by atoms with Gasteiger partial charge in [-0.15, -0.1) is 0 Å². The van der Waals surface area contributed by atoms with Crippen LogP contribution in [0.2, 0.25) is 0 Å². The lowest BCUT2D eigenvalue weighted by molar-refractivity contribution is -0.147. The van der Waals surface area contributed by atoms with Crippen LogP contribution in [0, 0.1) is 5.92 Å². The number of rotatable bonds is 13. The zero-order valence-corrected chi connectivity index (χ0v) is 35.6. The third kappa shape index (κ3) is 10.2. The molecule has 2 N–H and O–H groups in total. The molecule has 4 aromatic carbocycles. The standard InChI is InChI=1S/C49H55N3O9/c1-6-9-31-13-16-33(17-14-31)34-18-20-35(21-19-34)41(53)11-7-12-45(55)52-25-8-10-40(52)48(57)51(3)46-36-22-24-44(61-5)38(29-36)37-27-32(15-23-43(37)60-4)28-39(49(58)59)50-47(56)30(2)26-42(46)54/h13-24,27,29-30,39-40,46H,6-12,25-26,28H2,1-5H3,(H,50,56)(H,58,59)/t30-,39+,40-,46+/m1/s1. The molecule has 6 rings (SSSR count). The average molecular weight is 830 g/mol. The van der Waals surface area contributed by atoms with E-state index in [1.54, 1.807) is 48.2 Å².